The molecule has 20 heavy (non-hydrogen) atoms. The number of nitrogens with zero attached hydrogens (tertiary/aromatic N) is 3. The number of carbonyl (C=O) groups excluding carboxylic acids is 1. The summed E-state index contributed by atoms with van der Waals surface area (Å²) in [5, 5.41) is 16.0. The molecule has 0 unspecified atom stereocenters. The van der Waals surface area contributed by atoms with Crippen LogP contribution in [0.15, 0.2) is 6.20 Å². The number of hydrogen-bond acceptors (Lipinski definition) is 3. The second-order valence-corrected chi connectivity index (χ2v) is 5.36. The molecule has 7 heteroatoms. The quantitative estimate of drug-likeness (QED) is 0.848. The lowest BCUT2D eigenvalue weighted by Gasteiger charge is -2.16. The molecule has 110 valence electrons. The van der Waals surface area contributed by atoms with Gasteiger partial charge in [0.2, 0.25) is 0 Å². The van der Waals surface area contributed by atoms with Crippen molar-refractivity contribution in [3.8, 4) is 0 Å². The highest BCUT2D eigenvalue weighted by atomic mass is 16.4. The Morgan fingerprint density at radius 1 is 1.50 bits per heavy atom. The van der Waals surface area contributed by atoms with Crippen molar-refractivity contribution in [3.05, 3.63) is 17.5 Å². The van der Waals surface area contributed by atoms with Crippen LogP contribution < -0.4 is 5.32 Å². The van der Waals surface area contributed by atoms with Gasteiger partial charge in [-0.3, -0.25) is 9.48 Å². The van der Waals surface area contributed by atoms with Crippen LogP contribution in [0, 0.1) is 18.8 Å². The molecule has 2 N–H and O–H groups in total. The van der Waals surface area contributed by atoms with Gasteiger partial charge in [0.1, 0.15) is 0 Å². The van der Waals surface area contributed by atoms with Gasteiger partial charge < -0.3 is 15.3 Å². The lowest BCUT2D eigenvalue weighted by atomic mass is 9.99. The normalized spacial score (nSPS) is 22.1. The van der Waals surface area contributed by atoms with Crippen molar-refractivity contribution in [3.63, 3.8) is 0 Å². The van der Waals surface area contributed by atoms with Crippen LogP contribution in [-0.2, 0) is 18.4 Å². The SMILES string of the molecule is Cc1c(CNC(=O)N2C[C@@H](C)[C@H](C(=O)O)C2)cnn1C. The molecule has 1 saturated heterocycles. The van der Waals surface area contributed by atoms with Gasteiger partial charge >= 0.3 is 12.0 Å². The number of aliphatic carboxylic acids is 1. The van der Waals surface area contributed by atoms with Gasteiger partial charge in [0, 0.05) is 37.9 Å². The Hall–Kier alpha value is -2.05. The van der Waals surface area contributed by atoms with Crippen LogP contribution in [0.1, 0.15) is 18.2 Å². The highest BCUT2D eigenvalue weighted by Crippen LogP contribution is 2.23. The fourth-order valence-corrected chi connectivity index (χ4v) is 2.45. The molecule has 0 aromatic carbocycles. The molecule has 2 rings (SSSR count). The first-order valence-electron chi connectivity index (χ1n) is 6.63. The van der Waals surface area contributed by atoms with E-state index in [1.165, 1.54) is 0 Å². The maximum Gasteiger partial charge on any atom is 0.317 e. The average molecular weight is 280 g/mol. The van der Waals surface area contributed by atoms with Crippen molar-refractivity contribution < 1.29 is 14.7 Å². The third-order valence-electron chi connectivity index (χ3n) is 3.98. The summed E-state index contributed by atoms with van der Waals surface area (Å²) >= 11 is 0. The topological polar surface area (TPSA) is 87.5 Å². The van der Waals surface area contributed by atoms with Gasteiger partial charge in [0.25, 0.3) is 0 Å². The second-order valence-electron chi connectivity index (χ2n) is 5.36. The summed E-state index contributed by atoms with van der Waals surface area (Å²) in [5.74, 6) is -1.32. The van der Waals surface area contributed by atoms with E-state index in [0.717, 1.165) is 11.3 Å². The Morgan fingerprint density at radius 2 is 2.20 bits per heavy atom. The van der Waals surface area contributed by atoms with Gasteiger partial charge in [-0.05, 0) is 12.8 Å². The maximum atomic E-state index is 12.0. The fourth-order valence-electron chi connectivity index (χ4n) is 2.45. The summed E-state index contributed by atoms with van der Waals surface area (Å²) in [4.78, 5) is 24.6. The van der Waals surface area contributed by atoms with Crippen molar-refractivity contribution in [1.29, 1.82) is 0 Å². The molecule has 1 fully saturated rings. The monoisotopic (exact) mass is 280 g/mol. The highest BCUT2D eigenvalue weighted by molar-refractivity contribution is 5.77. The van der Waals surface area contributed by atoms with Crippen molar-refractivity contribution in [2.75, 3.05) is 13.1 Å². The molecular weight excluding hydrogens is 260 g/mol. The Labute approximate surface area is 117 Å². The smallest absolute Gasteiger partial charge is 0.317 e. The Balaban J connectivity index is 1.90. The number of amides is 2. The minimum absolute atomic E-state index is 0.0154. The zero-order chi connectivity index (χ0) is 14.9. The summed E-state index contributed by atoms with van der Waals surface area (Å²) in [6, 6.07) is -0.219. The third-order valence-corrected chi connectivity index (χ3v) is 3.98. The standard InChI is InChI=1S/C13H20N4O3/c1-8-6-17(7-11(8)12(18)19)13(20)14-4-10-5-15-16(3)9(10)2/h5,8,11H,4,6-7H2,1-3H3,(H,14,20)(H,18,19)/t8-,11-/m1/s1. The molecule has 2 atom stereocenters. The molecule has 1 aromatic heterocycles. The van der Waals surface area contributed by atoms with Crippen LogP contribution in [-0.4, -0.2) is 44.9 Å². The minimum Gasteiger partial charge on any atom is -0.481 e. The molecule has 2 heterocycles. The van der Waals surface area contributed by atoms with Crippen LogP contribution in [0.4, 0.5) is 4.79 Å². The summed E-state index contributed by atoms with van der Waals surface area (Å²) < 4.78 is 1.75. The molecular formula is C13H20N4O3. The van der Waals surface area contributed by atoms with Crippen LogP contribution in [0.3, 0.4) is 0 Å². The number of aromatic nitrogens is 2. The van der Waals surface area contributed by atoms with Gasteiger partial charge in [-0.15, -0.1) is 0 Å². The fraction of sp³-hybridized carbons (Fsp3) is 0.615. The first kappa shape index (κ1) is 14.4. The van der Waals surface area contributed by atoms with E-state index < -0.39 is 11.9 Å². The van der Waals surface area contributed by atoms with Gasteiger partial charge in [-0.1, -0.05) is 6.92 Å². The number of carboxylic acids is 1. The summed E-state index contributed by atoms with van der Waals surface area (Å²) in [6.07, 6.45) is 1.72. The third kappa shape index (κ3) is 2.76. The van der Waals surface area contributed by atoms with Crippen molar-refractivity contribution >= 4 is 12.0 Å². The Bertz CT molecular complexity index is 526. The van der Waals surface area contributed by atoms with Crippen LogP contribution in [0.5, 0.6) is 0 Å². The van der Waals surface area contributed by atoms with Gasteiger partial charge in [-0.25, -0.2) is 4.79 Å². The molecule has 1 aliphatic rings. The zero-order valence-electron chi connectivity index (χ0n) is 12.0. The van der Waals surface area contributed by atoms with Gasteiger partial charge in [0.15, 0.2) is 0 Å². The lowest BCUT2D eigenvalue weighted by Crippen LogP contribution is -2.38. The molecule has 2 amide bonds. The first-order valence-corrected chi connectivity index (χ1v) is 6.63. The largest absolute Gasteiger partial charge is 0.481 e. The van der Waals surface area contributed by atoms with E-state index in [1.807, 2.05) is 20.9 Å². The van der Waals surface area contributed by atoms with Crippen molar-refractivity contribution in [1.82, 2.24) is 20.0 Å². The molecule has 7 nitrogen and oxygen atoms in total. The van der Waals surface area contributed by atoms with Crippen LogP contribution >= 0.6 is 0 Å². The van der Waals surface area contributed by atoms with E-state index in [2.05, 4.69) is 10.4 Å². The molecule has 0 bridgehead atoms. The van der Waals surface area contributed by atoms with Crippen LogP contribution in [0.2, 0.25) is 0 Å². The molecule has 0 saturated carbocycles. The van der Waals surface area contributed by atoms with Crippen molar-refractivity contribution in [2.45, 2.75) is 20.4 Å². The predicted molar refractivity (Wildman–Crippen MR) is 72.0 cm³/mol. The summed E-state index contributed by atoms with van der Waals surface area (Å²) in [7, 11) is 1.85. The number of rotatable bonds is 3. The van der Waals surface area contributed by atoms with E-state index >= 15 is 0 Å². The molecule has 1 aliphatic heterocycles. The van der Waals surface area contributed by atoms with E-state index in [1.54, 1.807) is 15.8 Å². The second kappa shape index (κ2) is 5.52. The van der Waals surface area contributed by atoms with Gasteiger partial charge in [0.05, 0.1) is 12.1 Å². The molecule has 0 radical (unpaired) electrons. The summed E-state index contributed by atoms with van der Waals surface area (Å²) in [6.45, 7) is 4.95. The van der Waals surface area contributed by atoms with Crippen LogP contribution in [0.25, 0.3) is 0 Å². The first-order chi connectivity index (χ1) is 9.40. The molecule has 0 aliphatic carbocycles. The Morgan fingerprint density at radius 3 is 2.70 bits per heavy atom. The van der Waals surface area contributed by atoms with Gasteiger partial charge in [-0.2, -0.15) is 5.10 Å². The average Bonchev–Trinajstić information content (AvgIpc) is 2.92. The number of carboxylic acid groups (broad SMARTS) is 1. The van der Waals surface area contributed by atoms with E-state index in [4.69, 9.17) is 5.11 Å². The molecule has 1 aromatic rings. The highest BCUT2D eigenvalue weighted by Gasteiger charge is 2.36. The Kier molecular flexibility index (Phi) is 3.96. The molecule has 0 spiro atoms. The predicted octanol–water partition coefficient (Wildman–Crippen LogP) is 0.591. The number of hydrogen-bond donors (Lipinski definition) is 2. The maximum absolute atomic E-state index is 12.0. The van der Waals surface area contributed by atoms with E-state index in [-0.39, 0.29) is 18.5 Å². The number of urea groups is 1. The van der Waals surface area contributed by atoms with Crippen molar-refractivity contribution in [2.24, 2.45) is 18.9 Å². The van der Waals surface area contributed by atoms with E-state index in [0.29, 0.717) is 13.1 Å². The number of likely N-dealkylation sites (tertiary alicyclic amines) is 1. The minimum atomic E-state index is -0.837. The number of nitrogens with one attached hydrogen (secondary N) is 1. The van der Waals surface area contributed by atoms with E-state index in [9.17, 15) is 9.59 Å². The number of aryl methyl sites for hydroxylation is 1. The summed E-state index contributed by atoms with van der Waals surface area (Å²) in [5.41, 5.74) is 1.96. The zero-order valence-corrected chi connectivity index (χ0v) is 12.0. The number of carbonyl (C=O) groups is 2. The lowest BCUT2D eigenvalue weighted by molar-refractivity contribution is -0.142.